The number of carbonyl (C=O) groups excluding carboxylic acids is 1. The number of rotatable bonds is 9. The van der Waals surface area contributed by atoms with E-state index >= 15 is 0 Å². The van der Waals surface area contributed by atoms with E-state index in [1.807, 2.05) is 31.2 Å². The summed E-state index contributed by atoms with van der Waals surface area (Å²) >= 11 is 0. The SMILES string of the molecule is CC(CCNC(=O)Cc1ccccc1CN)CCC(=O)O. The van der Waals surface area contributed by atoms with E-state index in [-0.39, 0.29) is 18.2 Å². The monoisotopic (exact) mass is 292 g/mol. The van der Waals surface area contributed by atoms with Gasteiger partial charge in [-0.1, -0.05) is 31.2 Å². The molecule has 0 saturated heterocycles. The summed E-state index contributed by atoms with van der Waals surface area (Å²) in [7, 11) is 0. The zero-order chi connectivity index (χ0) is 15.7. The lowest BCUT2D eigenvalue weighted by molar-refractivity contribution is -0.137. The van der Waals surface area contributed by atoms with Gasteiger partial charge in [0.05, 0.1) is 6.42 Å². The van der Waals surface area contributed by atoms with E-state index < -0.39 is 5.97 Å². The highest BCUT2D eigenvalue weighted by Crippen LogP contribution is 2.10. The van der Waals surface area contributed by atoms with Crippen LogP contribution in [0.25, 0.3) is 0 Å². The van der Waals surface area contributed by atoms with Crippen LogP contribution in [0.5, 0.6) is 0 Å². The molecule has 0 radical (unpaired) electrons. The molecule has 0 aromatic heterocycles. The number of amides is 1. The molecule has 0 spiro atoms. The van der Waals surface area contributed by atoms with Crippen LogP contribution in [0.4, 0.5) is 0 Å². The van der Waals surface area contributed by atoms with Crippen molar-refractivity contribution < 1.29 is 14.7 Å². The number of nitrogens with two attached hydrogens (primary N) is 1. The number of carboxylic acid groups (broad SMARTS) is 1. The van der Waals surface area contributed by atoms with Crippen LogP contribution in [0.1, 0.15) is 37.3 Å². The van der Waals surface area contributed by atoms with Crippen molar-refractivity contribution in [2.24, 2.45) is 11.7 Å². The van der Waals surface area contributed by atoms with Gasteiger partial charge in [0.2, 0.25) is 5.91 Å². The van der Waals surface area contributed by atoms with Gasteiger partial charge in [0.25, 0.3) is 0 Å². The molecule has 1 aromatic rings. The van der Waals surface area contributed by atoms with Crippen molar-refractivity contribution in [3.8, 4) is 0 Å². The molecular formula is C16H24N2O3. The average molecular weight is 292 g/mol. The molecule has 4 N–H and O–H groups in total. The van der Waals surface area contributed by atoms with Gasteiger partial charge >= 0.3 is 5.97 Å². The van der Waals surface area contributed by atoms with E-state index in [0.717, 1.165) is 17.5 Å². The minimum absolute atomic E-state index is 0.0265. The van der Waals surface area contributed by atoms with Crippen LogP contribution >= 0.6 is 0 Å². The Morgan fingerprint density at radius 3 is 2.52 bits per heavy atom. The fourth-order valence-corrected chi connectivity index (χ4v) is 2.14. The molecule has 1 unspecified atom stereocenters. The third-order valence-electron chi connectivity index (χ3n) is 3.50. The second-order valence-corrected chi connectivity index (χ2v) is 5.33. The number of carbonyl (C=O) groups is 2. The smallest absolute Gasteiger partial charge is 0.303 e. The van der Waals surface area contributed by atoms with Crippen molar-refractivity contribution in [1.82, 2.24) is 5.32 Å². The number of aliphatic carboxylic acids is 1. The Bertz CT molecular complexity index is 474. The lowest BCUT2D eigenvalue weighted by Gasteiger charge is -2.11. The van der Waals surface area contributed by atoms with E-state index in [4.69, 9.17) is 10.8 Å². The summed E-state index contributed by atoms with van der Waals surface area (Å²) in [5.41, 5.74) is 7.59. The van der Waals surface area contributed by atoms with Crippen molar-refractivity contribution in [3.63, 3.8) is 0 Å². The Kier molecular flexibility index (Phi) is 7.46. The molecule has 116 valence electrons. The maximum absolute atomic E-state index is 11.9. The fraction of sp³-hybridized carbons (Fsp3) is 0.500. The molecule has 21 heavy (non-hydrogen) atoms. The molecule has 0 aliphatic heterocycles. The highest BCUT2D eigenvalue weighted by Gasteiger charge is 2.08. The second-order valence-electron chi connectivity index (χ2n) is 5.33. The number of benzene rings is 1. The van der Waals surface area contributed by atoms with Gasteiger partial charge in [0, 0.05) is 19.5 Å². The number of nitrogens with one attached hydrogen (secondary N) is 1. The van der Waals surface area contributed by atoms with Gasteiger partial charge in [-0.15, -0.1) is 0 Å². The Hall–Kier alpha value is -1.88. The summed E-state index contributed by atoms with van der Waals surface area (Å²) in [5, 5.41) is 11.5. The summed E-state index contributed by atoms with van der Waals surface area (Å²) in [4.78, 5) is 22.4. The third kappa shape index (κ3) is 6.90. The molecule has 5 heteroatoms. The van der Waals surface area contributed by atoms with Crippen molar-refractivity contribution >= 4 is 11.9 Å². The molecule has 1 amide bonds. The highest BCUT2D eigenvalue weighted by molar-refractivity contribution is 5.78. The molecule has 5 nitrogen and oxygen atoms in total. The highest BCUT2D eigenvalue weighted by atomic mass is 16.4. The van der Waals surface area contributed by atoms with E-state index in [1.165, 1.54) is 0 Å². The molecule has 1 aromatic carbocycles. The quantitative estimate of drug-likeness (QED) is 0.646. The molecule has 0 bridgehead atoms. The third-order valence-corrected chi connectivity index (χ3v) is 3.50. The van der Waals surface area contributed by atoms with Crippen molar-refractivity contribution in [3.05, 3.63) is 35.4 Å². The first kappa shape index (κ1) is 17.2. The minimum atomic E-state index is -0.774. The Morgan fingerprint density at radius 2 is 1.90 bits per heavy atom. The largest absolute Gasteiger partial charge is 0.481 e. The van der Waals surface area contributed by atoms with E-state index in [2.05, 4.69) is 5.32 Å². The normalized spacial score (nSPS) is 11.9. The Balaban J connectivity index is 2.29. The van der Waals surface area contributed by atoms with Crippen LogP contribution in [0.2, 0.25) is 0 Å². The topological polar surface area (TPSA) is 92.4 Å². The molecule has 1 atom stereocenters. The van der Waals surface area contributed by atoms with Gasteiger partial charge in [-0.05, 0) is 29.9 Å². The summed E-state index contributed by atoms with van der Waals surface area (Å²) in [5.74, 6) is -0.511. The van der Waals surface area contributed by atoms with Crippen LogP contribution in [-0.4, -0.2) is 23.5 Å². The van der Waals surface area contributed by atoms with Crippen LogP contribution < -0.4 is 11.1 Å². The van der Waals surface area contributed by atoms with Crippen LogP contribution in [0.3, 0.4) is 0 Å². The van der Waals surface area contributed by atoms with Crippen molar-refractivity contribution in [2.45, 2.75) is 39.2 Å². The first-order valence-electron chi connectivity index (χ1n) is 7.28. The molecule has 0 fully saturated rings. The van der Waals surface area contributed by atoms with E-state index in [1.54, 1.807) is 0 Å². The lowest BCUT2D eigenvalue weighted by atomic mass is 10.0. The number of carboxylic acids is 1. The molecular weight excluding hydrogens is 268 g/mol. The molecule has 0 saturated carbocycles. The van der Waals surface area contributed by atoms with Gasteiger partial charge in [-0.25, -0.2) is 0 Å². The van der Waals surface area contributed by atoms with E-state index in [0.29, 0.717) is 25.9 Å². The molecule has 0 aliphatic carbocycles. The van der Waals surface area contributed by atoms with Gasteiger partial charge in [-0.3, -0.25) is 9.59 Å². The molecule has 1 rings (SSSR count). The summed E-state index contributed by atoms with van der Waals surface area (Å²) in [6.07, 6.45) is 1.94. The van der Waals surface area contributed by atoms with Gasteiger partial charge in [0.15, 0.2) is 0 Å². The van der Waals surface area contributed by atoms with Crippen molar-refractivity contribution in [1.29, 1.82) is 0 Å². The lowest BCUT2D eigenvalue weighted by Crippen LogP contribution is -2.27. The number of hydrogen-bond donors (Lipinski definition) is 3. The number of hydrogen-bond acceptors (Lipinski definition) is 3. The zero-order valence-electron chi connectivity index (χ0n) is 12.5. The summed E-state index contributed by atoms with van der Waals surface area (Å²) in [6.45, 7) is 3.00. The summed E-state index contributed by atoms with van der Waals surface area (Å²) in [6, 6.07) is 7.65. The first-order valence-corrected chi connectivity index (χ1v) is 7.28. The van der Waals surface area contributed by atoms with Gasteiger partial charge in [0.1, 0.15) is 0 Å². The first-order chi connectivity index (χ1) is 10.0. The Labute approximate surface area is 125 Å². The minimum Gasteiger partial charge on any atom is -0.481 e. The van der Waals surface area contributed by atoms with Crippen molar-refractivity contribution in [2.75, 3.05) is 6.54 Å². The summed E-state index contributed by atoms with van der Waals surface area (Å²) < 4.78 is 0. The standard InChI is InChI=1S/C16H24N2O3/c1-12(6-7-16(20)21)8-9-18-15(19)10-13-4-2-3-5-14(13)11-17/h2-5,12H,6-11,17H2,1H3,(H,18,19)(H,20,21). The fourth-order valence-electron chi connectivity index (χ4n) is 2.14. The second kappa shape index (κ2) is 9.13. The Morgan fingerprint density at radius 1 is 1.24 bits per heavy atom. The van der Waals surface area contributed by atoms with Crippen LogP contribution in [0.15, 0.2) is 24.3 Å². The molecule has 0 heterocycles. The van der Waals surface area contributed by atoms with Gasteiger partial charge in [-0.2, -0.15) is 0 Å². The maximum Gasteiger partial charge on any atom is 0.303 e. The maximum atomic E-state index is 11.9. The predicted molar refractivity (Wildman–Crippen MR) is 81.7 cm³/mol. The predicted octanol–water partition coefficient (Wildman–Crippen LogP) is 1.69. The van der Waals surface area contributed by atoms with Crippen LogP contribution in [-0.2, 0) is 22.6 Å². The van der Waals surface area contributed by atoms with E-state index in [9.17, 15) is 9.59 Å². The average Bonchev–Trinajstić information content (AvgIpc) is 2.45. The zero-order valence-corrected chi connectivity index (χ0v) is 12.5. The molecule has 0 aliphatic rings. The van der Waals surface area contributed by atoms with Crippen LogP contribution in [0, 0.1) is 5.92 Å². The van der Waals surface area contributed by atoms with Gasteiger partial charge < -0.3 is 16.2 Å².